The molecule has 0 saturated heterocycles. The molecular weight excluding hydrogens is 222 g/mol. The Labute approximate surface area is 99.9 Å². The zero-order chi connectivity index (χ0) is 12.7. The maximum Gasteiger partial charge on any atom is 0.136 e. The molecule has 0 radical (unpaired) electrons. The Bertz CT molecular complexity index is 415. The molecule has 0 bridgehead atoms. The molecule has 0 unspecified atom stereocenters. The van der Waals surface area contributed by atoms with Gasteiger partial charge in [-0.1, -0.05) is 17.8 Å². The number of hydrogen-bond donors (Lipinski definition) is 1. The molecule has 0 heterocycles. The van der Waals surface area contributed by atoms with E-state index in [1.165, 1.54) is 13.3 Å². The van der Waals surface area contributed by atoms with Crippen LogP contribution in [-0.4, -0.2) is 32.2 Å². The Morgan fingerprint density at radius 3 is 2.53 bits per heavy atom. The second-order valence-electron chi connectivity index (χ2n) is 3.09. The van der Waals surface area contributed by atoms with Crippen molar-refractivity contribution in [3.05, 3.63) is 30.4 Å². The quantitative estimate of drug-likeness (QED) is 0.356. The Hall–Kier alpha value is -2.17. The Balaban J connectivity index is 3.24. The first-order chi connectivity index (χ1) is 8.26. The van der Waals surface area contributed by atoms with Crippen LogP contribution in [0.15, 0.2) is 29.9 Å². The van der Waals surface area contributed by atoms with Gasteiger partial charge < -0.3 is 19.4 Å². The summed E-state index contributed by atoms with van der Waals surface area (Å²) in [6, 6.07) is 3.36. The fourth-order valence-corrected chi connectivity index (χ4v) is 1.32. The molecule has 0 aliphatic rings. The molecule has 0 aromatic heterocycles. The van der Waals surface area contributed by atoms with E-state index in [0.717, 1.165) is 0 Å². The van der Waals surface area contributed by atoms with Gasteiger partial charge >= 0.3 is 0 Å². The van der Waals surface area contributed by atoms with Crippen molar-refractivity contribution in [3.8, 4) is 17.2 Å². The van der Waals surface area contributed by atoms with E-state index in [4.69, 9.17) is 19.4 Å². The average molecular weight is 237 g/mol. The van der Waals surface area contributed by atoms with Crippen LogP contribution in [0.1, 0.15) is 5.56 Å². The Kier molecular flexibility index (Phi) is 4.87. The Morgan fingerprint density at radius 2 is 2.00 bits per heavy atom. The van der Waals surface area contributed by atoms with Crippen LogP contribution in [0.5, 0.6) is 17.2 Å². The maximum absolute atomic E-state index is 8.62. The van der Waals surface area contributed by atoms with E-state index >= 15 is 0 Å². The van der Waals surface area contributed by atoms with Gasteiger partial charge in [-0.05, 0) is 0 Å². The smallest absolute Gasteiger partial charge is 0.136 e. The summed E-state index contributed by atoms with van der Waals surface area (Å²) in [4.78, 5) is 0. The fraction of sp³-hybridized carbons (Fsp3) is 0.250. The van der Waals surface area contributed by atoms with Crippen molar-refractivity contribution in [2.24, 2.45) is 5.16 Å². The first-order valence-corrected chi connectivity index (χ1v) is 4.94. The average Bonchev–Trinajstić information content (AvgIpc) is 2.37. The number of ether oxygens (including phenoxy) is 3. The van der Waals surface area contributed by atoms with Crippen LogP contribution < -0.4 is 14.2 Å². The van der Waals surface area contributed by atoms with E-state index in [0.29, 0.717) is 29.4 Å². The van der Waals surface area contributed by atoms with Crippen molar-refractivity contribution in [3.63, 3.8) is 0 Å². The third-order valence-corrected chi connectivity index (χ3v) is 2.08. The molecule has 0 saturated carbocycles. The SMILES string of the molecule is C=CCOc1cc(OC)cc(OC)c1C=NO. The minimum absolute atomic E-state index is 0.336. The highest BCUT2D eigenvalue weighted by molar-refractivity contribution is 5.87. The fourth-order valence-electron chi connectivity index (χ4n) is 1.32. The highest BCUT2D eigenvalue weighted by Crippen LogP contribution is 2.32. The van der Waals surface area contributed by atoms with E-state index < -0.39 is 0 Å². The van der Waals surface area contributed by atoms with Crippen molar-refractivity contribution in [2.45, 2.75) is 0 Å². The summed E-state index contributed by atoms with van der Waals surface area (Å²) in [7, 11) is 3.06. The molecule has 0 aliphatic heterocycles. The molecule has 92 valence electrons. The number of nitrogens with zero attached hydrogens (tertiary/aromatic N) is 1. The van der Waals surface area contributed by atoms with Gasteiger partial charge in [0.05, 0.1) is 26.0 Å². The first kappa shape index (κ1) is 12.9. The van der Waals surface area contributed by atoms with Crippen LogP contribution in [0.4, 0.5) is 0 Å². The lowest BCUT2D eigenvalue weighted by atomic mass is 10.2. The third kappa shape index (κ3) is 3.14. The molecule has 1 aromatic carbocycles. The Morgan fingerprint density at radius 1 is 1.29 bits per heavy atom. The molecule has 17 heavy (non-hydrogen) atoms. The zero-order valence-electron chi connectivity index (χ0n) is 9.84. The van der Waals surface area contributed by atoms with Crippen LogP contribution >= 0.6 is 0 Å². The normalized spacial score (nSPS) is 10.2. The summed E-state index contributed by atoms with van der Waals surface area (Å²) < 4.78 is 15.7. The lowest BCUT2D eigenvalue weighted by Crippen LogP contribution is -2.01. The summed E-state index contributed by atoms with van der Waals surface area (Å²) in [5, 5.41) is 11.6. The van der Waals surface area contributed by atoms with Crippen LogP contribution in [0.3, 0.4) is 0 Å². The van der Waals surface area contributed by atoms with Crippen LogP contribution in [0, 0.1) is 0 Å². The van der Waals surface area contributed by atoms with E-state index in [1.807, 2.05) is 0 Å². The monoisotopic (exact) mass is 237 g/mol. The largest absolute Gasteiger partial charge is 0.496 e. The summed E-state index contributed by atoms with van der Waals surface area (Å²) in [6.45, 7) is 3.90. The van der Waals surface area contributed by atoms with Gasteiger partial charge in [0.15, 0.2) is 0 Å². The number of methoxy groups -OCH3 is 2. The minimum Gasteiger partial charge on any atom is -0.496 e. The van der Waals surface area contributed by atoms with Crippen LogP contribution in [0.2, 0.25) is 0 Å². The van der Waals surface area contributed by atoms with E-state index in [9.17, 15) is 0 Å². The molecule has 0 fully saturated rings. The number of rotatable bonds is 6. The second-order valence-corrected chi connectivity index (χ2v) is 3.09. The molecule has 0 amide bonds. The van der Waals surface area contributed by atoms with Crippen molar-refractivity contribution >= 4 is 6.21 Å². The van der Waals surface area contributed by atoms with Gasteiger partial charge in [-0.3, -0.25) is 0 Å². The third-order valence-electron chi connectivity index (χ3n) is 2.08. The van der Waals surface area contributed by atoms with Gasteiger partial charge in [-0.2, -0.15) is 0 Å². The molecule has 5 nitrogen and oxygen atoms in total. The number of hydrogen-bond acceptors (Lipinski definition) is 5. The number of benzene rings is 1. The van der Waals surface area contributed by atoms with E-state index in [-0.39, 0.29) is 0 Å². The highest BCUT2D eigenvalue weighted by atomic mass is 16.5. The number of oxime groups is 1. The van der Waals surface area contributed by atoms with Crippen LogP contribution in [-0.2, 0) is 0 Å². The zero-order valence-corrected chi connectivity index (χ0v) is 9.84. The van der Waals surface area contributed by atoms with Gasteiger partial charge in [0, 0.05) is 12.1 Å². The molecule has 0 spiro atoms. The van der Waals surface area contributed by atoms with Crippen molar-refractivity contribution < 1.29 is 19.4 Å². The topological polar surface area (TPSA) is 60.3 Å². The molecule has 1 rings (SSSR count). The standard InChI is InChI=1S/C12H15NO4/c1-4-5-17-12-7-9(15-2)6-11(16-3)10(12)8-13-14/h4,6-8,14H,1,5H2,2-3H3. The van der Waals surface area contributed by atoms with Crippen molar-refractivity contribution in [1.82, 2.24) is 0 Å². The van der Waals surface area contributed by atoms with E-state index in [2.05, 4.69) is 11.7 Å². The summed E-state index contributed by atoms with van der Waals surface area (Å²) in [6.07, 6.45) is 2.86. The summed E-state index contributed by atoms with van der Waals surface area (Å²) in [5.41, 5.74) is 0.539. The lowest BCUT2D eigenvalue weighted by Gasteiger charge is -2.12. The van der Waals surface area contributed by atoms with Crippen molar-refractivity contribution in [1.29, 1.82) is 0 Å². The maximum atomic E-state index is 8.62. The van der Waals surface area contributed by atoms with E-state index in [1.54, 1.807) is 25.3 Å². The first-order valence-electron chi connectivity index (χ1n) is 4.94. The van der Waals surface area contributed by atoms with Crippen LogP contribution in [0.25, 0.3) is 0 Å². The van der Waals surface area contributed by atoms with Crippen molar-refractivity contribution in [2.75, 3.05) is 20.8 Å². The van der Waals surface area contributed by atoms with Gasteiger partial charge in [0.1, 0.15) is 23.9 Å². The molecule has 0 aliphatic carbocycles. The molecule has 5 heteroatoms. The predicted molar refractivity (Wildman–Crippen MR) is 64.6 cm³/mol. The van der Waals surface area contributed by atoms with Gasteiger partial charge in [-0.15, -0.1) is 0 Å². The van der Waals surface area contributed by atoms with Gasteiger partial charge in [-0.25, -0.2) is 0 Å². The summed E-state index contributed by atoms with van der Waals surface area (Å²) >= 11 is 0. The van der Waals surface area contributed by atoms with Gasteiger partial charge in [0.2, 0.25) is 0 Å². The lowest BCUT2D eigenvalue weighted by molar-refractivity contribution is 0.320. The summed E-state index contributed by atoms with van der Waals surface area (Å²) in [5.74, 6) is 1.59. The van der Waals surface area contributed by atoms with Gasteiger partial charge in [0.25, 0.3) is 0 Å². The molecular formula is C12H15NO4. The minimum atomic E-state index is 0.336. The second kappa shape index (κ2) is 6.42. The highest BCUT2D eigenvalue weighted by Gasteiger charge is 2.12. The molecule has 0 atom stereocenters. The molecule has 1 aromatic rings. The molecule has 1 N–H and O–H groups in total. The predicted octanol–water partition coefficient (Wildman–Crippen LogP) is 2.08.